The molecule has 0 aromatic heterocycles. The summed E-state index contributed by atoms with van der Waals surface area (Å²) in [6, 6.07) is 12.7. The van der Waals surface area contributed by atoms with Crippen molar-refractivity contribution in [2.45, 2.75) is 20.8 Å². The molecular formula is C16H17IO3. The van der Waals surface area contributed by atoms with Gasteiger partial charge >= 0.3 is 127 Å². The van der Waals surface area contributed by atoms with Crippen LogP contribution in [0.2, 0.25) is 0 Å². The van der Waals surface area contributed by atoms with Crippen LogP contribution in [0.1, 0.15) is 27.0 Å². The quantitative estimate of drug-likeness (QED) is 0.815. The molecule has 20 heavy (non-hydrogen) atoms. The van der Waals surface area contributed by atoms with E-state index in [2.05, 4.69) is 0 Å². The number of halogens is 1. The van der Waals surface area contributed by atoms with Crippen LogP contribution in [0, 0.1) is 24.3 Å². The Bertz CT molecular complexity index is 600. The summed E-state index contributed by atoms with van der Waals surface area (Å²) in [4.78, 5) is 12.0. The Kier molecular flexibility index (Phi) is 4.77. The second kappa shape index (κ2) is 6.37. The van der Waals surface area contributed by atoms with Gasteiger partial charge < -0.3 is 0 Å². The number of rotatable bonds is 3. The molecule has 106 valence electrons. The SMILES string of the molecule is Cc1cc(C)c(I(O)OC(=O)c2ccccc2)c(C)c1. The molecule has 0 aliphatic rings. The van der Waals surface area contributed by atoms with Crippen LogP contribution in [0.4, 0.5) is 0 Å². The van der Waals surface area contributed by atoms with Crippen molar-refractivity contribution in [1.29, 1.82) is 0 Å². The Morgan fingerprint density at radius 1 is 1.05 bits per heavy atom. The van der Waals surface area contributed by atoms with Crippen LogP contribution in [0.25, 0.3) is 0 Å². The monoisotopic (exact) mass is 384 g/mol. The fraction of sp³-hybridized carbons (Fsp3) is 0.188. The second-order valence-electron chi connectivity index (χ2n) is 4.67. The number of benzene rings is 2. The summed E-state index contributed by atoms with van der Waals surface area (Å²) in [5.41, 5.74) is 3.57. The van der Waals surface area contributed by atoms with Gasteiger partial charge in [-0.05, 0) is 0 Å². The van der Waals surface area contributed by atoms with E-state index in [4.69, 9.17) is 3.07 Å². The molecule has 1 N–H and O–H groups in total. The van der Waals surface area contributed by atoms with E-state index in [9.17, 15) is 8.23 Å². The molecule has 0 amide bonds. The van der Waals surface area contributed by atoms with Gasteiger partial charge in [0.1, 0.15) is 0 Å². The molecule has 2 aromatic rings. The topological polar surface area (TPSA) is 46.5 Å². The van der Waals surface area contributed by atoms with E-state index in [1.807, 2.05) is 39.0 Å². The van der Waals surface area contributed by atoms with Crippen molar-refractivity contribution in [2.24, 2.45) is 0 Å². The molecule has 0 spiro atoms. The van der Waals surface area contributed by atoms with Gasteiger partial charge in [0.2, 0.25) is 0 Å². The average Bonchev–Trinajstić information content (AvgIpc) is 2.38. The number of hydrogen-bond donors (Lipinski definition) is 1. The molecule has 0 saturated heterocycles. The molecule has 4 heteroatoms. The van der Waals surface area contributed by atoms with E-state index in [0.29, 0.717) is 5.56 Å². The summed E-state index contributed by atoms with van der Waals surface area (Å²) in [5.74, 6) is -0.460. The Morgan fingerprint density at radius 3 is 2.15 bits per heavy atom. The number of hydrogen-bond acceptors (Lipinski definition) is 3. The fourth-order valence-corrected chi connectivity index (χ4v) is 4.76. The number of aryl methyl sites for hydroxylation is 3. The van der Waals surface area contributed by atoms with E-state index in [0.717, 1.165) is 20.3 Å². The van der Waals surface area contributed by atoms with E-state index in [1.165, 1.54) is 0 Å². The maximum absolute atomic E-state index is 12.0. The Balaban J connectivity index is 2.21. The van der Waals surface area contributed by atoms with Gasteiger partial charge in [-0.25, -0.2) is 0 Å². The van der Waals surface area contributed by atoms with Crippen molar-refractivity contribution in [1.82, 2.24) is 0 Å². The third-order valence-electron chi connectivity index (χ3n) is 2.90. The van der Waals surface area contributed by atoms with Gasteiger partial charge in [-0.1, -0.05) is 0 Å². The molecule has 0 atom stereocenters. The number of carbonyl (C=O) groups is 1. The van der Waals surface area contributed by atoms with Crippen LogP contribution < -0.4 is 0 Å². The molecule has 0 aliphatic carbocycles. The molecule has 2 aromatic carbocycles. The minimum atomic E-state index is -2.93. The predicted octanol–water partition coefficient (Wildman–Crippen LogP) is 3.97. The van der Waals surface area contributed by atoms with Crippen LogP contribution in [0.5, 0.6) is 0 Å². The first-order valence-electron chi connectivity index (χ1n) is 6.24. The van der Waals surface area contributed by atoms with Gasteiger partial charge in [-0.15, -0.1) is 0 Å². The van der Waals surface area contributed by atoms with Gasteiger partial charge in [0.15, 0.2) is 0 Å². The first-order valence-corrected chi connectivity index (χ1v) is 9.16. The number of carbonyl (C=O) groups excluding carboxylic acids is 1. The molecule has 3 nitrogen and oxygen atoms in total. The molecule has 0 radical (unpaired) electrons. The van der Waals surface area contributed by atoms with Crippen LogP contribution in [-0.2, 0) is 3.07 Å². The normalized spacial score (nSPS) is 11.1. The zero-order valence-electron chi connectivity index (χ0n) is 11.7. The zero-order valence-corrected chi connectivity index (χ0v) is 13.8. The van der Waals surface area contributed by atoms with Crippen molar-refractivity contribution >= 4 is 26.6 Å². The summed E-state index contributed by atoms with van der Waals surface area (Å²) in [6.45, 7) is 5.88. The average molecular weight is 384 g/mol. The van der Waals surface area contributed by atoms with E-state index >= 15 is 0 Å². The van der Waals surface area contributed by atoms with Gasteiger partial charge in [0.05, 0.1) is 0 Å². The molecule has 0 bridgehead atoms. The summed E-state index contributed by atoms with van der Waals surface area (Å²) >= 11 is -2.93. The van der Waals surface area contributed by atoms with E-state index < -0.39 is 26.6 Å². The third-order valence-corrected chi connectivity index (χ3v) is 6.34. The standard InChI is InChI=1S/C16H17IO3/c1-11-9-12(2)15(13(3)10-11)17(19)20-16(18)14-7-5-4-6-8-14/h4-10,19H,1-3H3. The first-order chi connectivity index (χ1) is 9.49. The molecule has 2 rings (SSSR count). The van der Waals surface area contributed by atoms with E-state index in [1.54, 1.807) is 24.3 Å². The predicted molar refractivity (Wildman–Crippen MR) is 87.4 cm³/mol. The van der Waals surface area contributed by atoms with Gasteiger partial charge in [0.25, 0.3) is 0 Å². The molecule has 0 heterocycles. The first kappa shape index (κ1) is 15.0. The third kappa shape index (κ3) is 3.37. The van der Waals surface area contributed by atoms with Gasteiger partial charge in [-0.3, -0.25) is 0 Å². The molecule has 0 saturated carbocycles. The van der Waals surface area contributed by atoms with E-state index in [-0.39, 0.29) is 0 Å². The molecule has 0 unspecified atom stereocenters. The summed E-state index contributed by atoms with van der Waals surface area (Å²) in [6.07, 6.45) is 0. The Hall–Kier alpha value is -1.40. The van der Waals surface area contributed by atoms with Gasteiger partial charge in [0, 0.05) is 0 Å². The van der Waals surface area contributed by atoms with Crippen LogP contribution in [0.15, 0.2) is 42.5 Å². The van der Waals surface area contributed by atoms with Crippen molar-refractivity contribution in [3.63, 3.8) is 0 Å². The molecule has 0 aliphatic heterocycles. The second-order valence-corrected chi connectivity index (χ2v) is 7.51. The molecule has 0 fully saturated rings. The van der Waals surface area contributed by atoms with Crippen molar-refractivity contribution in [3.8, 4) is 0 Å². The maximum atomic E-state index is 12.0. The van der Waals surface area contributed by atoms with Crippen molar-refractivity contribution in [3.05, 3.63) is 68.3 Å². The van der Waals surface area contributed by atoms with Crippen molar-refractivity contribution in [2.75, 3.05) is 0 Å². The molecular weight excluding hydrogens is 367 g/mol. The minimum absolute atomic E-state index is 0.460. The van der Waals surface area contributed by atoms with Gasteiger partial charge in [-0.2, -0.15) is 0 Å². The fourth-order valence-electron chi connectivity index (χ4n) is 2.14. The van der Waals surface area contributed by atoms with Crippen LogP contribution >= 0.6 is 20.6 Å². The van der Waals surface area contributed by atoms with Crippen LogP contribution in [-0.4, -0.2) is 9.41 Å². The Morgan fingerprint density at radius 2 is 1.60 bits per heavy atom. The summed E-state index contributed by atoms with van der Waals surface area (Å²) in [7, 11) is 0. The summed E-state index contributed by atoms with van der Waals surface area (Å²) < 4.78 is 16.4. The van der Waals surface area contributed by atoms with Crippen LogP contribution in [0.3, 0.4) is 0 Å². The summed E-state index contributed by atoms with van der Waals surface area (Å²) in [5, 5.41) is 0. The Labute approximate surface area is 127 Å². The van der Waals surface area contributed by atoms with Crippen molar-refractivity contribution < 1.29 is 11.3 Å². The zero-order chi connectivity index (χ0) is 14.7.